The molecule has 130 valence electrons. The monoisotopic (exact) mass is 314 g/mol. The van der Waals surface area contributed by atoms with E-state index < -0.39 is 0 Å². The molecule has 0 amide bonds. The highest BCUT2D eigenvalue weighted by atomic mass is 14.3. The van der Waals surface area contributed by atoms with E-state index in [1.54, 1.807) is 5.56 Å². The molecular weight excluding hydrogens is 276 g/mol. The minimum atomic E-state index is 0.822. The van der Waals surface area contributed by atoms with Crippen molar-refractivity contribution in [1.82, 2.24) is 0 Å². The highest BCUT2D eigenvalue weighted by Crippen LogP contribution is 2.40. The summed E-state index contributed by atoms with van der Waals surface area (Å²) in [6.07, 6.45) is 12.8. The molecule has 1 aliphatic carbocycles. The Morgan fingerprint density at radius 3 is 2.13 bits per heavy atom. The maximum absolute atomic E-state index is 2.52. The summed E-state index contributed by atoms with van der Waals surface area (Å²) in [7, 11) is 0. The molecule has 0 heterocycles. The van der Waals surface area contributed by atoms with Gasteiger partial charge in [-0.05, 0) is 61.8 Å². The summed E-state index contributed by atoms with van der Waals surface area (Å²) in [5, 5.41) is 0. The maximum Gasteiger partial charge on any atom is -0.0162 e. The molecule has 0 heteroatoms. The number of benzene rings is 1. The topological polar surface area (TPSA) is 0 Å². The summed E-state index contributed by atoms with van der Waals surface area (Å²) < 4.78 is 0. The molecule has 2 unspecified atom stereocenters. The van der Waals surface area contributed by atoms with Crippen molar-refractivity contribution in [3.8, 4) is 0 Å². The van der Waals surface area contributed by atoms with Crippen LogP contribution < -0.4 is 0 Å². The Morgan fingerprint density at radius 2 is 1.57 bits per heavy atom. The van der Waals surface area contributed by atoms with Crippen LogP contribution in [-0.4, -0.2) is 0 Å². The lowest BCUT2D eigenvalue weighted by atomic mass is 9.72. The minimum Gasteiger partial charge on any atom is -0.0654 e. The summed E-state index contributed by atoms with van der Waals surface area (Å²) >= 11 is 0. The molecule has 2 rings (SSSR count). The van der Waals surface area contributed by atoms with Crippen molar-refractivity contribution >= 4 is 0 Å². The molecule has 1 aromatic carbocycles. The molecule has 1 fully saturated rings. The van der Waals surface area contributed by atoms with Crippen molar-refractivity contribution in [2.24, 2.45) is 17.8 Å². The van der Waals surface area contributed by atoms with Gasteiger partial charge in [-0.15, -0.1) is 0 Å². The van der Waals surface area contributed by atoms with Crippen LogP contribution in [0.3, 0.4) is 0 Å². The highest BCUT2D eigenvalue weighted by molar-refractivity contribution is 5.24. The smallest absolute Gasteiger partial charge is 0.0162 e. The zero-order chi connectivity index (χ0) is 16.7. The molecule has 1 saturated carbocycles. The van der Waals surface area contributed by atoms with Gasteiger partial charge < -0.3 is 0 Å². The number of hydrogen-bond acceptors (Lipinski definition) is 0. The van der Waals surface area contributed by atoms with Gasteiger partial charge in [0, 0.05) is 0 Å². The first-order chi connectivity index (χ1) is 11.1. The molecule has 0 nitrogen and oxygen atoms in total. The highest BCUT2D eigenvalue weighted by Gasteiger charge is 2.26. The Kier molecular flexibility index (Phi) is 7.66. The van der Waals surface area contributed by atoms with E-state index >= 15 is 0 Å². The fourth-order valence-electron chi connectivity index (χ4n) is 4.56. The molecule has 0 saturated heterocycles. The van der Waals surface area contributed by atoms with Gasteiger partial charge in [0.25, 0.3) is 0 Å². The first kappa shape index (κ1) is 18.6. The Labute approximate surface area is 145 Å². The third-order valence-corrected chi connectivity index (χ3v) is 6.43. The number of aryl methyl sites for hydroxylation is 1. The van der Waals surface area contributed by atoms with Gasteiger partial charge in [-0.2, -0.15) is 0 Å². The van der Waals surface area contributed by atoms with E-state index in [-0.39, 0.29) is 0 Å². The van der Waals surface area contributed by atoms with Crippen LogP contribution >= 0.6 is 0 Å². The zero-order valence-electron chi connectivity index (χ0n) is 16.0. The molecule has 0 N–H and O–H groups in total. The zero-order valence-corrected chi connectivity index (χ0v) is 16.0. The van der Waals surface area contributed by atoms with Crippen LogP contribution in [-0.2, 0) is 0 Å². The first-order valence-electron chi connectivity index (χ1n) is 10.2. The molecule has 2 atom stereocenters. The van der Waals surface area contributed by atoms with Gasteiger partial charge in [-0.25, -0.2) is 0 Å². The van der Waals surface area contributed by atoms with Crippen molar-refractivity contribution in [1.29, 1.82) is 0 Å². The Hall–Kier alpha value is -0.780. The quantitative estimate of drug-likeness (QED) is 0.465. The maximum atomic E-state index is 2.52. The molecule has 0 bridgehead atoms. The van der Waals surface area contributed by atoms with E-state index in [2.05, 4.69) is 52.0 Å². The second kappa shape index (κ2) is 9.50. The van der Waals surface area contributed by atoms with Gasteiger partial charge in [0.1, 0.15) is 0 Å². The molecule has 0 aliphatic heterocycles. The standard InChI is InChI=1S/C23H38/c1-5-7-20(6-2)11-10-19(4)21-14-16-23(17-15-21)22-12-8-18(3)9-13-22/h8-9,12-13,19-21,23H,5-7,10-11,14-17H2,1-4H3. The van der Waals surface area contributed by atoms with Crippen molar-refractivity contribution in [3.63, 3.8) is 0 Å². The van der Waals surface area contributed by atoms with Crippen LogP contribution in [0.2, 0.25) is 0 Å². The van der Waals surface area contributed by atoms with Gasteiger partial charge >= 0.3 is 0 Å². The molecule has 1 aromatic rings. The van der Waals surface area contributed by atoms with Gasteiger partial charge in [0.15, 0.2) is 0 Å². The predicted octanol–water partition coefficient (Wildman–Crippen LogP) is 7.51. The molecule has 0 spiro atoms. The van der Waals surface area contributed by atoms with Gasteiger partial charge in [0.05, 0.1) is 0 Å². The summed E-state index contributed by atoms with van der Waals surface area (Å²) in [4.78, 5) is 0. The van der Waals surface area contributed by atoms with E-state index in [0.29, 0.717) is 0 Å². The van der Waals surface area contributed by atoms with Crippen LogP contribution in [0.1, 0.15) is 95.6 Å². The number of hydrogen-bond donors (Lipinski definition) is 0. The fraction of sp³-hybridized carbons (Fsp3) is 0.739. The van der Waals surface area contributed by atoms with Crippen molar-refractivity contribution in [2.45, 2.75) is 91.4 Å². The van der Waals surface area contributed by atoms with Crippen molar-refractivity contribution in [3.05, 3.63) is 35.4 Å². The van der Waals surface area contributed by atoms with Crippen LogP contribution in [0, 0.1) is 24.7 Å². The normalized spacial score (nSPS) is 24.3. The lowest BCUT2D eigenvalue weighted by Gasteiger charge is -2.33. The van der Waals surface area contributed by atoms with E-state index in [0.717, 1.165) is 23.7 Å². The lowest BCUT2D eigenvalue weighted by Crippen LogP contribution is -2.20. The van der Waals surface area contributed by atoms with Gasteiger partial charge in [-0.3, -0.25) is 0 Å². The second-order valence-electron chi connectivity index (χ2n) is 8.14. The van der Waals surface area contributed by atoms with Crippen LogP contribution in [0.15, 0.2) is 24.3 Å². The van der Waals surface area contributed by atoms with Crippen LogP contribution in [0.4, 0.5) is 0 Å². The van der Waals surface area contributed by atoms with E-state index in [4.69, 9.17) is 0 Å². The third kappa shape index (κ3) is 5.66. The van der Waals surface area contributed by atoms with Gasteiger partial charge in [0.2, 0.25) is 0 Å². The van der Waals surface area contributed by atoms with Crippen molar-refractivity contribution in [2.75, 3.05) is 0 Å². The molecule has 1 aliphatic rings. The average Bonchev–Trinajstić information content (AvgIpc) is 2.59. The predicted molar refractivity (Wildman–Crippen MR) is 103 cm³/mol. The van der Waals surface area contributed by atoms with Crippen LogP contribution in [0.25, 0.3) is 0 Å². The van der Waals surface area contributed by atoms with E-state index in [1.165, 1.54) is 63.4 Å². The lowest BCUT2D eigenvalue weighted by molar-refractivity contribution is 0.222. The van der Waals surface area contributed by atoms with Crippen molar-refractivity contribution < 1.29 is 0 Å². The summed E-state index contributed by atoms with van der Waals surface area (Å²) in [6.45, 7) is 9.41. The molecule has 0 radical (unpaired) electrons. The molecule has 0 aromatic heterocycles. The average molecular weight is 315 g/mol. The van der Waals surface area contributed by atoms with E-state index in [1.807, 2.05) is 0 Å². The fourth-order valence-corrected chi connectivity index (χ4v) is 4.56. The molecular formula is C23H38. The Balaban J connectivity index is 1.76. The molecule has 23 heavy (non-hydrogen) atoms. The SMILES string of the molecule is CCCC(CC)CCC(C)C1CCC(c2ccc(C)cc2)CC1. The Morgan fingerprint density at radius 1 is 0.913 bits per heavy atom. The summed E-state index contributed by atoms with van der Waals surface area (Å²) in [6, 6.07) is 9.28. The van der Waals surface area contributed by atoms with Crippen LogP contribution in [0.5, 0.6) is 0 Å². The number of rotatable bonds is 8. The first-order valence-corrected chi connectivity index (χ1v) is 10.2. The second-order valence-corrected chi connectivity index (χ2v) is 8.14. The largest absolute Gasteiger partial charge is 0.0654 e. The van der Waals surface area contributed by atoms with Gasteiger partial charge in [-0.1, -0.05) is 82.7 Å². The summed E-state index contributed by atoms with van der Waals surface area (Å²) in [5.41, 5.74) is 2.96. The summed E-state index contributed by atoms with van der Waals surface area (Å²) in [5.74, 6) is 3.71. The van der Waals surface area contributed by atoms with E-state index in [9.17, 15) is 0 Å². The minimum absolute atomic E-state index is 0.822. The third-order valence-electron chi connectivity index (χ3n) is 6.43. The Bertz CT molecular complexity index is 422.